The van der Waals surface area contributed by atoms with Gasteiger partial charge in [-0.05, 0) is 29.8 Å². The normalized spacial score (nSPS) is 11.3. The predicted molar refractivity (Wildman–Crippen MR) is 94.8 cm³/mol. The van der Waals surface area contributed by atoms with E-state index in [-0.39, 0.29) is 17.6 Å². The summed E-state index contributed by atoms with van der Waals surface area (Å²) >= 11 is 0. The van der Waals surface area contributed by atoms with Crippen molar-refractivity contribution < 1.29 is 22.4 Å². The van der Waals surface area contributed by atoms with Gasteiger partial charge in [0.1, 0.15) is 11.6 Å². The van der Waals surface area contributed by atoms with Gasteiger partial charge in [0.15, 0.2) is 0 Å². The molecule has 3 rings (SSSR count). The van der Waals surface area contributed by atoms with Crippen LogP contribution in [0.3, 0.4) is 0 Å². The zero-order valence-electron chi connectivity index (χ0n) is 14.6. The number of halogens is 4. The van der Waals surface area contributed by atoms with Crippen molar-refractivity contribution in [1.29, 1.82) is 5.26 Å². The minimum atomic E-state index is -4.75. The summed E-state index contributed by atoms with van der Waals surface area (Å²) in [6, 6.07) is 9.77. The fraction of sp³-hybridized carbons (Fsp3) is 0.158. The summed E-state index contributed by atoms with van der Waals surface area (Å²) in [4.78, 5) is 28.8. The zero-order valence-corrected chi connectivity index (χ0v) is 14.6. The molecule has 0 aliphatic carbocycles. The lowest BCUT2D eigenvalue weighted by molar-refractivity contribution is -0.136. The molecule has 0 saturated carbocycles. The van der Waals surface area contributed by atoms with Crippen LogP contribution in [0.1, 0.15) is 17.0 Å². The van der Waals surface area contributed by atoms with Crippen molar-refractivity contribution in [2.75, 3.05) is 5.43 Å². The fourth-order valence-electron chi connectivity index (χ4n) is 2.74. The minimum Gasteiger partial charge on any atom is -0.273 e. The molecule has 148 valence electrons. The number of carbonyl (C=O) groups is 1. The number of nitrogens with zero attached hydrogens (tertiary/aromatic N) is 3. The standard InChI is InChI=1S/C19H12F4N4O2/c20-12-6-4-11(5-7-12)10-16(28)26-27-15(8-9-24)25-17-13(18(27)29)2-1-3-14(17)19(21,22)23/h1-7H,8,10H2,(H,26,28). The predicted octanol–water partition coefficient (Wildman–Crippen LogP) is 2.93. The second-order valence-electron chi connectivity index (χ2n) is 6.04. The largest absolute Gasteiger partial charge is 0.418 e. The molecule has 0 radical (unpaired) electrons. The van der Waals surface area contributed by atoms with Gasteiger partial charge in [0.2, 0.25) is 5.91 Å². The molecular weight excluding hydrogens is 392 g/mol. The molecule has 3 aromatic rings. The van der Waals surface area contributed by atoms with Crippen molar-refractivity contribution in [2.24, 2.45) is 0 Å². The number of carbonyl (C=O) groups excluding carboxylic acids is 1. The number of nitriles is 1. The van der Waals surface area contributed by atoms with Gasteiger partial charge in [0.25, 0.3) is 5.56 Å². The van der Waals surface area contributed by atoms with E-state index in [1.54, 1.807) is 6.07 Å². The monoisotopic (exact) mass is 404 g/mol. The lowest BCUT2D eigenvalue weighted by atomic mass is 10.1. The van der Waals surface area contributed by atoms with Crippen molar-refractivity contribution >= 4 is 16.8 Å². The van der Waals surface area contributed by atoms with Gasteiger partial charge < -0.3 is 0 Å². The molecule has 1 heterocycles. The van der Waals surface area contributed by atoms with Crippen LogP contribution in [0.15, 0.2) is 47.3 Å². The van der Waals surface area contributed by atoms with Crippen LogP contribution in [-0.4, -0.2) is 15.6 Å². The van der Waals surface area contributed by atoms with E-state index in [0.29, 0.717) is 10.2 Å². The van der Waals surface area contributed by atoms with Crippen LogP contribution in [0.2, 0.25) is 0 Å². The Labute approximate surface area is 161 Å². The molecule has 0 saturated heterocycles. The summed E-state index contributed by atoms with van der Waals surface area (Å²) < 4.78 is 53.3. The number of hydrogen-bond acceptors (Lipinski definition) is 4. The maximum Gasteiger partial charge on any atom is 0.418 e. The quantitative estimate of drug-likeness (QED) is 0.678. The molecule has 1 aromatic heterocycles. The summed E-state index contributed by atoms with van der Waals surface area (Å²) in [5.41, 5.74) is 0.0463. The molecule has 0 spiro atoms. The SMILES string of the molecule is N#CCc1nc2c(C(F)(F)F)cccc2c(=O)n1NC(=O)Cc1ccc(F)cc1. The Morgan fingerprint density at radius 1 is 1.17 bits per heavy atom. The number of fused-ring (bicyclic) bond motifs is 1. The number of alkyl halides is 3. The highest BCUT2D eigenvalue weighted by atomic mass is 19.4. The highest BCUT2D eigenvalue weighted by Gasteiger charge is 2.34. The van der Waals surface area contributed by atoms with Gasteiger partial charge in [0, 0.05) is 0 Å². The highest BCUT2D eigenvalue weighted by molar-refractivity contribution is 5.87. The van der Waals surface area contributed by atoms with Gasteiger partial charge in [0.05, 0.1) is 35.4 Å². The van der Waals surface area contributed by atoms with Crippen LogP contribution in [-0.2, 0) is 23.8 Å². The molecule has 2 aromatic carbocycles. The third-order valence-corrected chi connectivity index (χ3v) is 4.03. The molecular formula is C19H12F4N4O2. The third-order valence-electron chi connectivity index (χ3n) is 4.03. The Morgan fingerprint density at radius 3 is 2.48 bits per heavy atom. The van der Waals surface area contributed by atoms with Gasteiger partial charge in [-0.25, -0.2) is 14.1 Å². The van der Waals surface area contributed by atoms with Gasteiger partial charge in [-0.3, -0.25) is 15.0 Å². The number of para-hydroxylation sites is 1. The number of rotatable bonds is 4. The van der Waals surface area contributed by atoms with Gasteiger partial charge in [-0.15, -0.1) is 0 Å². The average Bonchev–Trinajstić information content (AvgIpc) is 2.66. The van der Waals surface area contributed by atoms with Crippen LogP contribution in [0.25, 0.3) is 10.9 Å². The lowest BCUT2D eigenvalue weighted by Crippen LogP contribution is -2.37. The van der Waals surface area contributed by atoms with E-state index in [1.807, 2.05) is 0 Å². The first-order chi connectivity index (χ1) is 13.7. The van der Waals surface area contributed by atoms with E-state index < -0.39 is 41.0 Å². The van der Waals surface area contributed by atoms with Crippen LogP contribution in [0, 0.1) is 17.1 Å². The summed E-state index contributed by atoms with van der Waals surface area (Å²) in [6.45, 7) is 0. The summed E-state index contributed by atoms with van der Waals surface area (Å²) in [5, 5.41) is 8.60. The topological polar surface area (TPSA) is 87.8 Å². The van der Waals surface area contributed by atoms with E-state index in [9.17, 15) is 27.2 Å². The number of hydrogen-bond donors (Lipinski definition) is 1. The fourth-order valence-corrected chi connectivity index (χ4v) is 2.74. The first-order valence-electron chi connectivity index (χ1n) is 8.24. The highest BCUT2D eigenvalue weighted by Crippen LogP contribution is 2.33. The molecule has 0 unspecified atom stereocenters. The maximum atomic E-state index is 13.2. The molecule has 0 aliphatic rings. The number of benzene rings is 2. The van der Waals surface area contributed by atoms with Crippen molar-refractivity contribution in [3.8, 4) is 6.07 Å². The third kappa shape index (κ3) is 4.24. The van der Waals surface area contributed by atoms with E-state index in [2.05, 4.69) is 10.4 Å². The van der Waals surface area contributed by atoms with E-state index in [1.165, 1.54) is 12.1 Å². The Balaban J connectivity index is 2.05. The summed E-state index contributed by atoms with van der Waals surface area (Å²) in [7, 11) is 0. The number of aromatic nitrogens is 2. The molecule has 0 atom stereocenters. The maximum absolute atomic E-state index is 13.2. The van der Waals surface area contributed by atoms with Gasteiger partial charge in [-0.1, -0.05) is 18.2 Å². The molecule has 0 bridgehead atoms. The molecule has 0 aliphatic heterocycles. The second kappa shape index (κ2) is 7.71. The molecule has 0 fully saturated rings. The molecule has 1 amide bonds. The van der Waals surface area contributed by atoms with Crippen molar-refractivity contribution in [1.82, 2.24) is 9.66 Å². The average molecular weight is 404 g/mol. The molecule has 1 N–H and O–H groups in total. The lowest BCUT2D eigenvalue weighted by Gasteiger charge is -2.15. The Morgan fingerprint density at radius 2 is 1.86 bits per heavy atom. The zero-order chi connectivity index (χ0) is 21.2. The second-order valence-corrected chi connectivity index (χ2v) is 6.04. The van der Waals surface area contributed by atoms with Crippen LogP contribution < -0.4 is 11.0 Å². The van der Waals surface area contributed by atoms with E-state index >= 15 is 0 Å². The van der Waals surface area contributed by atoms with E-state index in [4.69, 9.17) is 5.26 Å². The summed E-state index contributed by atoms with van der Waals surface area (Å²) in [5.74, 6) is -1.51. The number of nitrogens with one attached hydrogen (secondary N) is 1. The van der Waals surface area contributed by atoms with Crippen molar-refractivity contribution in [3.63, 3.8) is 0 Å². The Kier molecular flexibility index (Phi) is 5.32. The Hall–Kier alpha value is -3.74. The van der Waals surface area contributed by atoms with Crippen molar-refractivity contribution in [3.05, 3.63) is 75.6 Å². The number of amides is 1. The van der Waals surface area contributed by atoms with Crippen LogP contribution >= 0.6 is 0 Å². The first kappa shape index (κ1) is 20.0. The van der Waals surface area contributed by atoms with E-state index in [0.717, 1.165) is 30.3 Å². The van der Waals surface area contributed by atoms with Gasteiger partial charge >= 0.3 is 6.18 Å². The van der Waals surface area contributed by atoms with Gasteiger partial charge in [-0.2, -0.15) is 18.4 Å². The summed E-state index contributed by atoms with van der Waals surface area (Å²) in [6.07, 6.45) is -5.48. The Bertz CT molecular complexity index is 1180. The molecule has 29 heavy (non-hydrogen) atoms. The van der Waals surface area contributed by atoms with Crippen LogP contribution in [0.4, 0.5) is 17.6 Å². The minimum absolute atomic E-state index is 0.223. The molecule has 6 nitrogen and oxygen atoms in total. The first-order valence-corrected chi connectivity index (χ1v) is 8.24. The molecule has 10 heteroatoms. The smallest absolute Gasteiger partial charge is 0.273 e. The van der Waals surface area contributed by atoms with Crippen molar-refractivity contribution in [2.45, 2.75) is 19.0 Å². The van der Waals surface area contributed by atoms with Crippen LogP contribution in [0.5, 0.6) is 0 Å².